The molecule has 1 heterocycles. The first-order valence-corrected chi connectivity index (χ1v) is 5.87. The summed E-state index contributed by atoms with van der Waals surface area (Å²) in [5.74, 6) is -0.532. The van der Waals surface area contributed by atoms with Gasteiger partial charge in [0, 0.05) is 10.0 Å². The fraction of sp³-hybridized carbons (Fsp3) is 0.455. The summed E-state index contributed by atoms with van der Waals surface area (Å²) in [6.07, 6.45) is 1.83. The highest BCUT2D eigenvalue weighted by Gasteiger charge is 2.22. The van der Waals surface area contributed by atoms with Gasteiger partial charge in [0.1, 0.15) is 0 Å². The average molecular weight is 274 g/mol. The molecular formula is C11H13BrFNO. The Morgan fingerprint density at radius 2 is 2.00 bits per heavy atom. The van der Waals surface area contributed by atoms with E-state index in [2.05, 4.69) is 21.2 Å². The number of aromatic hydroxyl groups is 1. The summed E-state index contributed by atoms with van der Waals surface area (Å²) in [5.41, 5.74) is 0.622. The van der Waals surface area contributed by atoms with E-state index in [0.29, 0.717) is 5.56 Å². The molecule has 0 aromatic heterocycles. The maximum absolute atomic E-state index is 13.7. The Labute approximate surface area is 96.6 Å². The van der Waals surface area contributed by atoms with Gasteiger partial charge in [0.2, 0.25) is 0 Å². The van der Waals surface area contributed by atoms with Crippen molar-refractivity contribution in [3.05, 3.63) is 28.0 Å². The van der Waals surface area contributed by atoms with E-state index in [0.717, 1.165) is 30.4 Å². The summed E-state index contributed by atoms with van der Waals surface area (Å²) in [6, 6.07) is 3.08. The third kappa shape index (κ3) is 2.16. The topological polar surface area (TPSA) is 32.3 Å². The number of nitrogens with one attached hydrogen (secondary N) is 1. The number of hydrogen-bond acceptors (Lipinski definition) is 2. The molecule has 1 saturated heterocycles. The van der Waals surface area contributed by atoms with Gasteiger partial charge in [-0.15, -0.1) is 0 Å². The van der Waals surface area contributed by atoms with Crippen molar-refractivity contribution in [3.8, 4) is 5.75 Å². The number of rotatable bonds is 1. The Hall–Kier alpha value is -0.610. The third-order valence-electron chi connectivity index (χ3n) is 2.85. The maximum Gasteiger partial charge on any atom is 0.169 e. The molecular weight excluding hydrogens is 261 g/mol. The molecule has 0 saturated carbocycles. The Morgan fingerprint density at radius 1 is 1.33 bits per heavy atom. The van der Waals surface area contributed by atoms with Gasteiger partial charge >= 0.3 is 0 Å². The van der Waals surface area contributed by atoms with Crippen LogP contribution in [-0.4, -0.2) is 18.2 Å². The zero-order valence-corrected chi connectivity index (χ0v) is 9.85. The minimum atomic E-state index is -0.476. The van der Waals surface area contributed by atoms with Crippen molar-refractivity contribution in [2.45, 2.75) is 18.8 Å². The normalized spacial score (nSPS) is 18.0. The molecule has 1 aromatic rings. The van der Waals surface area contributed by atoms with Crippen LogP contribution < -0.4 is 5.32 Å². The molecule has 0 unspecified atom stereocenters. The van der Waals surface area contributed by atoms with Crippen molar-refractivity contribution in [2.24, 2.45) is 0 Å². The van der Waals surface area contributed by atoms with E-state index in [-0.39, 0.29) is 11.7 Å². The van der Waals surface area contributed by atoms with Crippen molar-refractivity contribution in [1.82, 2.24) is 5.32 Å². The molecule has 82 valence electrons. The van der Waals surface area contributed by atoms with Gasteiger partial charge in [0.05, 0.1) is 0 Å². The first kappa shape index (κ1) is 10.9. The van der Waals surface area contributed by atoms with Gasteiger partial charge in [0.15, 0.2) is 11.6 Å². The van der Waals surface area contributed by atoms with Gasteiger partial charge in [-0.3, -0.25) is 0 Å². The highest BCUT2D eigenvalue weighted by Crippen LogP contribution is 2.36. The van der Waals surface area contributed by atoms with Gasteiger partial charge in [-0.05, 0) is 44.0 Å². The molecule has 0 bridgehead atoms. The lowest BCUT2D eigenvalue weighted by atomic mass is 9.90. The molecule has 2 rings (SSSR count). The van der Waals surface area contributed by atoms with Crippen molar-refractivity contribution in [3.63, 3.8) is 0 Å². The second-order valence-electron chi connectivity index (χ2n) is 3.82. The molecule has 0 spiro atoms. The zero-order valence-electron chi connectivity index (χ0n) is 8.26. The van der Waals surface area contributed by atoms with Crippen molar-refractivity contribution < 1.29 is 9.50 Å². The van der Waals surface area contributed by atoms with E-state index in [1.807, 2.05) is 0 Å². The predicted molar refractivity (Wildman–Crippen MR) is 60.6 cm³/mol. The van der Waals surface area contributed by atoms with E-state index >= 15 is 0 Å². The van der Waals surface area contributed by atoms with Crippen molar-refractivity contribution >= 4 is 15.9 Å². The molecule has 0 radical (unpaired) electrons. The number of piperidine rings is 1. The SMILES string of the molecule is Oc1ccc(Br)c(C2CCNCC2)c1F. The summed E-state index contributed by atoms with van der Waals surface area (Å²) in [5, 5.41) is 12.6. The fourth-order valence-corrected chi connectivity index (χ4v) is 2.67. The standard InChI is InChI=1S/C11H13BrFNO/c12-8-1-2-9(15)11(13)10(8)7-3-5-14-6-4-7/h1-2,7,14-15H,3-6H2. The monoisotopic (exact) mass is 273 g/mol. The summed E-state index contributed by atoms with van der Waals surface area (Å²) in [6.45, 7) is 1.82. The minimum Gasteiger partial charge on any atom is -0.505 e. The van der Waals surface area contributed by atoms with E-state index in [1.165, 1.54) is 6.07 Å². The van der Waals surface area contributed by atoms with Crippen LogP contribution in [0.15, 0.2) is 16.6 Å². The molecule has 1 aromatic carbocycles. The van der Waals surface area contributed by atoms with Crippen LogP contribution in [0.1, 0.15) is 24.3 Å². The second kappa shape index (κ2) is 4.49. The zero-order chi connectivity index (χ0) is 10.8. The number of phenolic OH excluding ortho intramolecular Hbond substituents is 1. The lowest BCUT2D eigenvalue weighted by molar-refractivity contribution is 0.407. The molecule has 4 heteroatoms. The quantitative estimate of drug-likeness (QED) is 0.825. The maximum atomic E-state index is 13.7. The molecule has 1 aliphatic heterocycles. The molecule has 1 aliphatic rings. The lowest BCUT2D eigenvalue weighted by Gasteiger charge is -2.24. The molecule has 15 heavy (non-hydrogen) atoms. The summed E-state index contributed by atoms with van der Waals surface area (Å²) < 4.78 is 14.5. The minimum absolute atomic E-state index is 0.202. The largest absolute Gasteiger partial charge is 0.505 e. The molecule has 0 aliphatic carbocycles. The average Bonchev–Trinajstić information content (AvgIpc) is 2.26. The van der Waals surface area contributed by atoms with Crippen molar-refractivity contribution in [2.75, 3.05) is 13.1 Å². The van der Waals surface area contributed by atoms with Crippen LogP contribution in [0.25, 0.3) is 0 Å². The highest BCUT2D eigenvalue weighted by molar-refractivity contribution is 9.10. The smallest absolute Gasteiger partial charge is 0.169 e. The highest BCUT2D eigenvalue weighted by atomic mass is 79.9. The van der Waals surface area contributed by atoms with Crippen LogP contribution in [0, 0.1) is 5.82 Å². The van der Waals surface area contributed by atoms with E-state index in [4.69, 9.17) is 0 Å². The van der Waals surface area contributed by atoms with Gasteiger partial charge in [-0.25, -0.2) is 4.39 Å². The number of halogens is 2. The van der Waals surface area contributed by atoms with Crippen LogP contribution >= 0.6 is 15.9 Å². The first-order chi connectivity index (χ1) is 7.20. The second-order valence-corrected chi connectivity index (χ2v) is 4.67. The predicted octanol–water partition coefficient (Wildman–Crippen LogP) is 2.76. The van der Waals surface area contributed by atoms with Crippen LogP contribution in [-0.2, 0) is 0 Å². The number of benzene rings is 1. The van der Waals surface area contributed by atoms with Crippen LogP contribution in [0.3, 0.4) is 0 Å². The summed E-state index contributed by atoms with van der Waals surface area (Å²) in [4.78, 5) is 0. The number of phenols is 1. The van der Waals surface area contributed by atoms with Crippen LogP contribution in [0.4, 0.5) is 4.39 Å². The van der Waals surface area contributed by atoms with Gasteiger partial charge in [0.25, 0.3) is 0 Å². The molecule has 0 atom stereocenters. The summed E-state index contributed by atoms with van der Waals surface area (Å²) in [7, 11) is 0. The van der Waals surface area contributed by atoms with Gasteiger partial charge in [-0.2, -0.15) is 0 Å². The molecule has 2 nitrogen and oxygen atoms in total. The molecule has 2 N–H and O–H groups in total. The van der Waals surface area contributed by atoms with Gasteiger partial charge < -0.3 is 10.4 Å². The Balaban J connectivity index is 2.36. The lowest BCUT2D eigenvalue weighted by Crippen LogP contribution is -2.27. The van der Waals surface area contributed by atoms with Gasteiger partial charge in [-0.1, -0.05) is 15.9 Å². The van der Waals surface area contributed by atoms with E-state index < -0.39 is 5.82 Å². The van der Waals surface area contributed by atoms with Crippen LogP contribution in [0.2, 0.25) is 0 Å². The van der Waals surface area contributed by atoms with Crippen LogP contribution in [0.5, 0.6) is 5.75 Å². The Kier molecular flexibility index (Phi) is 3.26. The fourth-order valence-electron chi connectivity index (χ4n) is 2.04. The summed E-state index contributed by atoms with van der Waals surface area (Å²) >= 11 is 3.35. The Bertz CT molecular complexity index is 364. The Morgan fingerprint density at radius 3 is 2.67 bits per heavy atom. The number of hydrogen-bond donors (Lipinski definition) is 2. The molecule has 1 fully saturated rings. The third-order valence-corrected chi connectivity index (χ3v) is 3.55. The van der Waals surface area contributed by atoms with E-state index in [9.17, 15) is 9.50 Å². The van der Waals surface area contributed by atoms with Crippen molar-refractivity contribution in [1.29, 1.82) is 0 Å². The molecule has 0 amide bonds. The van der Waals surface area contributed by atoms with E-state index in [1.54, 1.807) is 6.07 Å². The first-order valence-electron chi connectivity index (χ1n) is 5.07.